The van der Waals surface area contributed by atoms with Gasteiger partial charge in [-0.1, -0.05) is 36.4 Å². The van der Waals surface area contributed by atoms with Gasteiger partial charge < -0.3 is 28.7 Å². The molecule has 2 fully saturated rings. The molecule has 4 heterocycles. The Morgan fingerprint density at radius 2 is 0.913 bits per heavy atom. The van der Waals surface area contributed by atoms with Gasteiger partial charge in [-0.3, -0.25) is 19.4 Å². The van der Waals surface area contributed by atoms with E-state index in [0.29, 0.717) is 26.2 Å². The molecule has 10 heteroatoms. The van der Waals surface area contributed by atoms with Gasteiger partial charge in [-0.25, -0.2) is 0 Å². The number of rotatable bonds is 8. The van der Waals surface area contributed by atoms with Gasteiger partial charge in [0.1, 0.15) is 0 Å². The van der Waals surface area contributed by atoms with Gasteiger partial charge >= 0.3 is 0 Å². The van der Waals surface area contributed by atoms with E-state index in [4.69, 9.17) is 18.9 Å². The second kappa shape index (κ2) is 13.7. The van der Waals surface area contributed by atoms with E-state index < -0.39 is 0 Å². The van der Waals surface area contributed by atoms with Crippen LogP contribution in [0, 0.1) is 0 Å². The van der Waals surface area contributed by atoms with Crippen LogP contribution in [0.5, 0.6) is 23.0 Å². The Hall–Kier alpha value is -4.80. The van der Waals surface area contributed by atoms with Crippen molar-refractivity contribution in [1.82, 2.24) is 19.6 Å². The molecule has 0 bridgehead atoms. The third-order valence-electron chi connectivity index (χ3n) is 8.83. The average Bonchev–Trinajstić information content (AvgIpc) is 3.76. The molecule has 2 saturated heterocycles. The highest BCUT2D eigenvalue weighted by atomic mass is 16.7. The van der Waals surface area contributed by atoms with Gasteiger partial charge in [0, 0.05) is 77.6 Å². The predicted octanol–water partition coefficient (Wildman–Crippen LogP) is 3.86. The van der Waals surface area contributed by atoms with Crippen molar-refractivity contribution in [2.24, 2.45) is 0 Å². The molecule has 0 unspecified atom stereocenters. The molecule has 0 saturated carbocycles. The van der Waals surface area contributed by atoms with Gasteiger partial charge in [0.15, 0.2) is 23.0 Å². The van der Waals surface area contributed by atoms with Crippen molar-refractivity contribution in [1.29, 1.82) is 0 Å². The third kappa shape index (κ3) is 7.19. The van der Waals surface area contributed by atoms with E-state index in [2.05, 4.69) is 21.9 Å². The molecule has 0 aliphatic carbocycles. The zero-order valence-corrected chi connectivity index (χ0v) is 25.8. The number of piperazine rings is 2. The maximum atomic E-state index is 12.8. The van der Waals surface area contributed by atoms with Crippen molar-refractivity contribution in [3.05, 3.63) is 95.1 Å². The number of nitrogens with zero attached hydrogens (tertiary/aromatic N) is 4. The van der Waals surface area contributed by atoms with Gasteiger partial charge in [-0.2, -0.15) is 0 Å². The minimum absolute atomic E-state index is 0.0216. The monoisotopic (exact) mass is 622 g/mol. The highest BCUT2D eigenvalue weighted by Gasteiger charge is 2.22. The SMILES string of the molecule is O=C(/C=C/c1ccc(/C=C/C(=O)N2CCN(Cc3ccc4c(c3)OCO4)CC2)cc1)N1CCN(Cc2ccc3c(c2)OCO3)CC1. The molecule has 0 radical (unpaired) electrons. The lowest BCUT2D eigenvalue weighted by molar-refractivity contribution is -0.128. The van der Waals surface area contributed by atoms with E-state index in [1.165, 1.54) is 11.1 Å². The highest BCUT2D eigenvalue weighted by Crippen LogP contribution is 2.34. The number of carbonyl (C=O) groups excluding carboxylic acids is 2. The van der Waals surface area contributed by atoms with Crippen molar-refractivity contribution in [3.8, 4) is 23.0 Å². The first-order valence-electron chi connectivity index (χ1n) is 15.8. The lowest BCUT2D eigenvalue weighted by Crippen LogP contribution is -2.47. The van der Waals surface area contributed by atoms with Crippen LogP contribution in [0.1, 0.15) is 22.3 Å². The molecule has 4 aliphatic heterocycles. The summed E-state index contributed by atoms with van der Waals surface area (Å²) >= 11 is 0. The molecule has 0 spiro atoms. The lowest BCUT2D eigenvalue weighted by atomic mass is 10.1. The normalized spacial score (nSPS) is 18.2. The van der Waals surface area contributed by atoms with Crippen LogP contribution in [0.15, 0.2) is 72.8 Å². The van der Waals surface area contributed by atoms with Gasteiger partial charge in [-0.15, -0.1) is 0 Å². The number of fused-ring (bicyclic) bond motifs is 2. The molecule has 238 valence electrons. The summed E-state index contributed by atoms with van der Waals surface area (Å²) in [4.78, 5) is 34.2. The van der Waals surface area contributed by atoms with Crippen LogP contribution >= 0.6 is 0 Å². The van der Waals surface area contributed by atoms with Crippen molar-refractivity contribution in [3.63, 3.8) is 0 Å². The number of carbonyl (C=O) groups is 2. The van der Waals surface area contributed by atoms with Crippen LogP contribution in [-0.2, 0) is 22.7 Å². The molecule has 0 atom stereocenters. The summed E-state index contributed by atoms with van der Waals surface area (Å²) < 4.78 is 21.8. The summed E-state index contributed by atoms with van der Waals surface area (Å²) in [5.74, 6) is 3.23. The molecular weight excluding hydrogens is 584 g/mol. The summed E-state index contributed by atoms with van der Waals surface area (Å²) in [6, 6.07) is 20.0. The minimum atomic E-state index is 0.0216. The van der Waals surface area contributed by atoms with E-state index in [-0.39, 0.29) is 25.4 Å². The fourth-order valence-corrected chi connectivity index (χ4v) is 6.11. The maximum Gasteiger partial charge on any atom is 0.246 e. The molecule has 7 rings (SSSR count). The van der Waals surface area contributed by atoms with Gasteiger partial charge in [0.05, 0.1) is 0 Å². The molecule has 3 aromatic rings. The summed E-state index contributed by atoms with van der Waals surface area (Å²) in [5, 5.41) is 0. The van der Waals surface area contributed by atoms with E-state index in [0.717, 1.165) is 73.4 Å². The molecule has 0 N–H and O–H groups in total. The van der Waals surface area contributed by atoms with E-state index in [1.54, 1.807) is 12.2 Å². The number of ether oxygens (including phenoxy) is 4. The Morgan fingerprint density at radius 3 is 1.33 bits per heavy atom. The molecule has 3 aromatic carbocycles. The summed E-state index contributed by atoms with van der Waals surface area (Å²) in [6.45, 7) is 8.27. The zero-order chi connectivity index (χ0) is 31.3. The van der Waals surface area contributed by atoms with Crippen molar-refractivity contribution in [2.75, 3.05) is 65.9 Å². The average molecular weight is 623 g/mol. The van der Waals surface area contributed by atoms with Crippen LogP contribution in [0.25, 0.3) is 12.2 Å². The Morgan fingerprint density at radius 1 is 0.522 bits per heavy atom. The largest absolute Gasteiger partial charge is 0.454 e. The Labute approximate surface area is 269 Å². The van der Waals surface area contributed by atoms with Crippen LogP contribution < -0.4 is 18.9 Å². The Balaban J connectivity index is 0.827. The maximum absolute atomic E-state index is 12.8. The molecular formula is C36H38N4O6. The van der Waals surface area contributed by atoms with Gasteiger partial charge in [0.2, 0.25) is 25.4 Å². The van der Waals surface area contributed by atoms with Crippen LogP contribution in [-0.4, -0.2) is 97.4 Å². The molecule has 10 nitrogen and oxygen atoms in total. The second-order valence-corrected chi connectivity index (χ2v) is 11.9. The third-order valence-corrected chi connectivity index (χ3v) is 8.83. The Kier molecular flexibility index (Phi) is 8.89. The van der Waals surface area contributed by atoms with Crippen molar-refractivity contribution < 1.29 is 28.5 Å². The first-order valence-corrected chi connectivity index (χ1v) is 15.8. The fourth-order valence-electron chi connectivity index (χ4n) is 6.11. The van der Waals surface area contributed by atoms with E-state index in [9.17, 15) is 9.59 Å². The van der Waals surface area contributed by atoms with Gasteiger partial charge in [0.25, 0.3) is 0 Å². The lowest BCUT2D eigenvalue weighted by Gasteiger charge is -2.34. The first kappa shape index (κ1) is 29.9. The second-order valence-electron chi connectivity index (χ2n) is 11.9. The van der Waals surface area contributed by atoms with Crippen molar-refractivity contribution >= 4 is 24.0 Å². The topological polar surface area (TPSA) is 84.0 Å². The zero-order valence-electron chi connectivity index (χ0n) is 25.8. The van der Waals surface area contributed by atoms with Crippen LogP contribution in [0.2, 0.25) is 0 Å². The fraction of sp³-hybridized carbons (Fsp3) is 0.333. The highest BCUT2D eigenvalue weighted by molar-refractivity contribution is 5.92. The standard InChI is InChI=1S/C36H38N4O6/c41-35(39-17-13-37(14-18-39)23-29-5-9-31-33(21-29)45-25-43-31)11-7-27-1-2-28(4-3-27)8-12-36(42)40-19-15-38(16-20-40)24-30-6-10-32-34(22-30)46-26-44-32/h1-12,21-22H,13-20,23-26H2/b11-7+,12-8+. The summed E-state index contributed by atoms with van der Waals surface area (Å²) in [6.07, 6.45) is 6.99. The van der Waals surface area contributed by atoms with Crippen LogP contribution in [0.4, 0.5) is 0 Å². The van der Waals surface area contributed by atoms with Crippen molar-refractivity contribution in [2.45, 2.75) is 13.1 Å². The minimum Gasteiger partial charge on any atom is -0.454 e. The number of benzene rings is 3. The van der Waals surface area contributed by atoms with E-state index in [1.807, 2.05) is 70.5 Å². The summed E-state index contributed by atoms with van der Waals surface area (Å²) in [5.41, 5.74) is 4.24. The van der Waals surface area contributed by atoms with E-state index >= 15 is 0 Å². The number of hydrogen-bond donors (Lipinski definition) is 0. The quantitative estimate of drug-likeness (QED) is 0.351. The summed E-state index contributed by atoms with van der Waals surface area (Å²) in [7, 11) is 0. The molecule has 46 heavy (non-hydrogen) atoms. The van der Waals surface area contributed by atoms with Crippen LogP contribution in [0.3, 0.4) is 0 Å². The molecule has 4 aliphatic rings. The number of hydrogen-bond acceptors (Lipinski definition) is 8. The Bertz CT molecular complexity index is 1500. The number of amides is 2. The van der Waals surface area contributed by atoms with Gasteiger partial charge in [-0.05, 0) is 58.7 Å². The first-order chi connectivity index (χ1) is 22.6. The molecule has 0 aromatic heterocycles. The smallest absolute Gasteiger partial charge is 0.246 e. The predicted molar refractivity (Wildman–Crippen MR) is 173 cm³/mol. The molecule has 2 amide bonds.